The first-order valence-electron chi connectivity index (χ1n) is 6.46. The highest BCUT2D eigenvalue weighted by Gasteiger charge is 2.25. The normalized spacial score (nSPS) is 24.8. The molecular formula is C13H25ClO2. The molecule has 1 fully saturated rings. The van der Waals surface area contributed by atoms with E-state index in [1.54, 1.807) is 0 Å². The van der Waals surface area contributed by atoms with Crippen LogP contribution in [-0.4, -0.2) is 11.1 Å². The summed E-state index contributed by atoms with van der Waals surface area (Å²) < 4.78 is 0. The van der Waals surface area contributed by atoms with E-state index in [1.165, 1.54) is 32.1 Å². The van der Waals surface area contributed by atoms with Gasteiger partial charge in [-0.15, -0.1) is 12.4 Å². The largest absolute Gasteiger partial charge is 0.481 e. The van der Waals surface area contributed by atoms with Gasteiger partial charge in [-0.3, -0.25) is 4.79 Å². The summed E-state index contributed by atoms with van der Waals surface area (Å²) in [5.41, 5.74) is 0. The van der Waals surface area contributed by atoms with Crippen molar-refractivity contribution < 1.29 is 9.90 Å². The SMILES string of the molecule is CCCCCC[C@H]1CC[C@H](C(=O)O)CC1.Cl. The van der Waals surface area contributed by atoms with Crippen molar-refractivity contribution in [3.63, 3.8) is 0 Å². The molecule has 0 aromatic carbocycles. The summed E-state index contributed by atoms with van der Waals surface area (Å²) in [5, 5.41) is 8.87. The molecule has 16 heavy (non-hydrogen) atoms. The predicted molar refractivity (Wildman–Crippen MR) is 69.1 cm³/mol. The van der Waals surface area contributed by atoms with Crippen molar-refractivity contribution in [2.45, 2.75) is 64.7 Å². The second-order valence-electron chi connectivity index (χ2n) is 4.91. The molecule has 0 aromatic rings. The minimum Gasteiger partial charge on any atom is -0.481 e. The fourth-order valence-electron chi connectivity index (χ4n) is 2.56. The van der Waals surface area contributed by atoms with E-state index in [0.717, 1.165) is 31.6 Å². The highest BCUT2D eigenvalue weighted by Crippen LogP contribution is 2.32. The van der Waals surface area contributed by atoms with Gasteiger partial charge in [0.05, 0.1) is 5.92 Å². The first kappa shape index (κ1) is 15.8. The van der Waals surface area contributed by atoms with E-state index in [-0.39, 0.29) is 18.3 Å². The van der Waals surface area contributed by atoms with Gasteiger partial charge in [0, 0.05) is 0 Å². The average molecular weight is 249 g/mol. The van der Waals surface area contributed by atoms with Gasteiger partial charge in [-0.1, -0.05) is 39.0 Å². The maximum atomic E-state index is 10.8. The third-order valence-electron chi connectivity index (χ3n) is 3.66. The van der Waals surface area contributed by atoms with Crippen LogP contribution in [0.25, 0.3) is 0 Å². The smallest absolute Gasteiger partial charge is 0.306 e. The van der Waals surface area contributed by atoms with E-state index in [1.807, 2.05) is 0 Å². The standard InChI is InChI=1S/C13H24O2.ClH/c1-2-3-4-5-6-11-7-9-12(10-8-11)13(14)15;/h11-12H,2-10H2,1H3,(H,14,15);1H/t11-,12-;. The van der Waals surface area contributed by atoms with Crippen molar-refractivity contribution in [2.75, 3.05) is 0 Å². The molecule has 1 saturated carbocycles. The van der Waals surface area contributed by atoms with E-state index in [4.69, 9.17) is 5.11 Å². The maximum absolute atomic E-state index is 10.8. The molecule has 0 spiro atoms. The van der Waals surface area contributed by atoms with Gasteiger partial charge in [0.1, 0.15) is 0 Å². The highest BCUT2D eigenvalue weighted by molar-refractivity contribution is 5.85. The number of unbranched alkanes of at least 4 members (excludes halogenated alkanes) is 3. The summed E-state index contributed by atoms with van der Waals surface area (Å²) in [7, 11) is 0. The van der Waals surface area contributed by atoms with Crippen LogP contribution in [0.15, 0.2) is 0 Å². The molecule has 0 amide bonds. The maximum Gasteiger partial charge on any atom is 0.306 e. The topological polar surface area (TPSA) is 37.3 Å². The van der Waals surface area contributed by atoms with E-state index < -0.39 is 5.97 Å². The molecule has 0 heterocycles. The lowest BCUT2D eigenvalue weighted by Crippen LogP contribution is -2.21. The quantitative estimate of drug-likeness (QED) is 0.713. The second-order valence-corrected chi connectivity index (χ2v) is 4.91. The van der Waals surface area contributed by atoms with Gasteiger partial charge in [0.2, 0.25) is 0 Å². The van der Waals surface area contributed by atoms with Gasteiger partial charge in [0.25, 0.3) is 0 Å². The van der Waals surface area contributed by atoms with Crippen LogP contribution in [-0.2, 0) is 4.79 Å². The molecule has 0 saturated heterocycles. The zero-order valence-electron chi connectivity index (χ0n) is 10.3. The van der Waals surface area contributed by atoms with Crippen LogP contribution in [0.3, 0.4) is 0 Å². The summed E-state index contributed by atoms with van der Waals surface area (Å²) >= 11 is 0. The van der Waals surface area contributed by atoms with Gasteiger partial charge in [-0.2, -0.15) is 0 Å². The Morgan fingerprint density at radius 2 is 1.75 bits per heavy atom. The monoisotopic (exact) mass is 248 g/mol. The molecule has 1 aliphatic rings. The Balaban J connectivity index is 0.00000225. The number of carboxylic acid groups (broad SMARTS) is 1. The number of hydrogen-bond acceptors (Lipinski definition) is 1. The summed E-state index contributed by atoms with van der Waals surface area (Å²) in [6, 6.07) is 0. The molecule has 3 heteroatoms. The van der Waals surface area contributed by atoms with E-state index >= 15 is 0 Å². The molecule has 0 atom stereocenters. The van der Waals surface area contributed by atoms with Gasteiger partial charge in [-0.25, -0.2) is 0 Å². The minimum absolute atomic E-state index is 0. The summed E-state index contributed by atoms with van der Waals surface area (Å²) in [6.07, 6.45) is 10.8. The Morgan fingerprint density at radius 1 is 1.12 bits per heavy atom. The average Bonchev–Trinajstić information content (AvgIpc) is 2.25. The van der Waals surface area contributed by atoms with Gasteiger partial charge in [-0.05, 0) is 31.6 Å². The lowest BCUT2D eigenvalue weighted by atomic mass is 9.80. The number of carboxylic acids is 1. The molecule has 0 radical (unpaired) electrons. The molecular weight excluding hydrogens is 224 g/mol. The summed E-state index contributed by atoms with van der Waals surface area (Å²) in [5.74, 6) is 0.189. The molecule has 1 aliphatic carbocycles. The molecule has 1 rings (SSSR count). The molecule has 1 N–H and O–H groups in total. The number of halogens is 1. The van der Waals surface area contributed by atoms with Crippen molar-refractivity contribution in [1.29, 1.82) is 0 Å². The number of aliphatic carboxylic acids is 1. The third kappa shape index (κ3) is 5.74. The van der Waals surface area contributed by atoms with E-state index in [2.05, 4.69) is 6.92 Å². The molecule has 0 aliphatic heterocycles. The number of rotatable bonds is 6. The van der Waals surface area contributed by atoms with Crippen LogP contribution >= 0.6 is 12.4 Å². The van der Waals surface area contributed by atoms with Crippen LogP contribution in [0.2, 0.25) is 0 Å². The summed E-state index contributed by atoms with van der Waals surface area (Å²) in [6.45, 7) is 2.23. The van der Waals surface area contributed by atoms with Crippen LogP contribution < -0.4 is 0 Å². The van der Waals surface area contributed by atoms with E-state index in [9.17, 15) is 4.79 Å². The second kappa shape index (κ2) is 8.86. The first-order valence-corrected chi connectivity index (χ1v) is 6.46. The lowest BCUT2D eigenvalue weighted by Gasteiger charge is -2.25. The van der Waals surface area contributed by atoms with Crippen molar-refractivity contribution in [3.05, 3.63) is 0 Å². The Morgan fingerprint density at radius 3 is 2.25 bits per heavy atom. The van der Waals surface area contributed by atoms with Crippen LogP contribution in [0.4, 0.5) is 0 Å². The van der Waals surface area contributed by atoms with Crippen molar-refractivity contribution in [1.82, 2.24) is 0 Å². The van der Waals surface area contributed by atoms with Crippen LogP contribution in [0.1, 0.15) is 64.7 Å². The van der Waals surface area contributed by atoms with Crippen molar-refractivity contribution >= 4 is 18.4 Å². The van der Waals surface area contributed by atoms with E-state index in [0.29, 0.717) is 0 Å². The Kier molecular flexibility index (Phi) is 8.73. The van der Waals surface area contributed by atoms with Crippen LogP contribution in [0.5, 0.6) is 0 Å². The Hall–Kier alpha value is -0.240. The Bertz CT molecular complexity index is 186. The number of carbonyl (C=O) groups is 1. The molecule has 96 valence electrons. The zero-order chi connectivity index (χ0) is 11.1. The summed E-state index contributed by atoms with van der Waals surface area (Å²) in [4.78, 5) is 10.8. The van der Waals surface area contributed by atoms with Gasteiger partial charge >= 0.3 is 5.97 Å². The van der Waals surface area contributed by atoms with Gasteiger partial charge in [0.15, 0.2) is 0 Å². The zero-order valence-corrected chi connectivity index (χ0v) is 11.1. The van der Waals surface area contributed by atoms with Crippen molar-refractivity contribution in [2.24, 2.45) is 11.8 Å². The van der Waals surface area contributed by atoms with Crippen LogP contribution in [0, 0.1) is 11.8 Å². The van der Waals surface area contributed by atoms with Gasteiger partial charge < -0.3 is 5.11 Å². The molecule has 0 aromatic heterocycles. The predicted octanol–water partition coefficient (Wildman–Crippen LogP) is 4.27. The minimum atomic E-state index is -0.584. The third-order valence-corrected chi connectivity index (χ3v) is 3.66. The van der Waals surface area contributed by atoms with Crippen molar-refractivity contribution in [3.8, 4) is 0 Å². The Labute approximate surface area is 105 Å². The molecule has 0 bridgehead atoms. The fourth-order valence-corrected chi connectivity index (χ4v) is 2.56. The molecule has 0 unspecified atom stereocenters. The first-order chi connectivity index (χ1) is 7.24. The fraction of sp³-hybridized carbons (Fsp3) is 0.923. The molecule has 2 nitrogen and oxygen atoms in total. The highest BCUT2D eigenvalue weighted by atomic mass is 35.5. The lowest BCUT2D eigenvalue weighted by molar-refractivity contribution is -0.143. The number of hydrogen-bond donors (Lipinski definition) is 1.